The predicted octanol–water partition coefficient (Wildman–Crippen LogP) is 3.68. The molecule has 0 unspecified atom stereocenters. The van der Waals surface area contributed by atoms with Crippen molar-refractivity contribution < 1.29 is 9.53 Å². The third kappa shape index (κ3) is 4.19. The molecular formula is C17H19ClN2O3S. The maximum atomic E-state index is 12.8. The summed E-state index contributed by atoms with van der Waals surface area (Å²) in [5.41, 5.74) is 2.19. The number of aromatic nitrogens is 2. The Morgan fingerprint density at radius 1 is 1.46 bits per heavy atom. The van der Waals surface area contributed by atoms with Crippen LogP contribution in [0.5, 0.6) is 0 Å². The molecule has 1 aromatic carbocycles. The molecule has 0 amide bonds. The van der Waals surface area contributed by atoms with Gasteiger partial charge in [0.2, 0.25) is 0 Å². The number of fused-ring (bicyclic) bond motifs is 1. The number of benzene rings is 1. The van der Waals surface area contributed by atoms with Crippen LogP contribution in [0, 0.1) is 5.92 Å². The van der Waals surface area contributed by atoms with E-state index in [1.807, 2.05) is 13.8 Å². The van der Waals surface area contributed by atoms with Crippen LogP contribution in [0.15, 0.2) is 39.8 Å². The van der Waals surface area contributed by atoms with Crippen molar-refractivity contribution in [3.63, 3.8) is 0 Å². The molecule has 128 valence electrons. The zero-order valence-corrected chi connectivity index (χ0v) is 15.4. The first-order valence-electron chi connectivity index (χ1n) is 7.48. The van der Waals surface area contributed by atoms with Gasteiger partial charge in [0.15, 0.2) is 5.16 Å². The molecule has 0 fully saturated rings. The van der Waals surface area contributed by atoms with Gasteiger partial charge in [0.1, 0.15) is 0 Å². The number of hydrogen-bond acceptors (Lipinski definition) is 5. The smallest absolute Gasteiger partial charge is 0.337 e. The second-order valence-corrected chi connectivity index (χ2v) is 6.84. The Labute approximate surface area is 149 Å². The number of nitrogens with zero attached hydrogens (tertiary/aromatic N) is 2. The molecule has 0 bridgehead atoms. The van der Waals surface area contributed by atoms with Crippen LogP contribution in [0.4, 0.5) is 0 Å². The topological polar surface area (TPSA) is 61.2 Å². The molecule has 0 N–H and O–H groups in total. The highest BCUT2D eigenvalue weighted by atomic mass is 35.5. The third-order valence-corrected chi connectivity index (χ3v) is 4.39. The van der Waals surface area contributed by atoms with E-state index < -0.39 is 5.97 Å². The van der Waals surface area contributed by atoms with E-state index in [1.54, 1.807) is 28.8 Å². The average Bonchev–Trinajstić information content (AvgIpc) is 2.56. The normalized spacial score (nSPS) is 11.5. The molecule has 0 radical (unpaired) electrons. The van der Waals surface area contributed by atoms with E-state index in [0.29, 0.717) is 39.8 Å². The van der Waals surface area contributed by atoms with Gasteiger partial charge < -0.3 is 4.74 Å². The number of halogens is 1. The zero-order valence-electron chi connectivity index (χ0n) is 13.8. The highest BCUT2D eigenvalue weighted by molar-refractivity contribution is 7.99. The van der Waals surface area contributed by atoms with Crippen LogP contribution in [0.1, 0.15) is 24.2 Å². The van der Waals surface area contributed by atoms with E-state index in [9.17, 15) is 9.59 Å². The molecule has 0 atom stereocenters. The van der Waals surface area contributed by atoms with E-state index in [-0.39, 0.29) is 5.56 Å². The summed E-state index contributed by atoms with van der Waals surface area (Å²) < 4.78 is 6.40. The van der Waals surface area contributed by atoms with E-state index in [4.69, 9.17) is 16.3 Å². The third-order valence-electron chi connectivity index (χ3n) is 3.29. The van der Waals surface area contributed by atoms with Gasteiger partial charge in [-0.1, -0.05) is 43.3 Å². The number of hydrogen-bond donors (Lipinski definition) is 0. The summed E-state index contributed by atoms with van der Waals surface area (Å²) in [5, 5.41) is 1.10. The van der Waals surface area contributed by atoms with E-state index in [0.717, 1.165) is 0 Å². The van der Waals surface area contributed by atoms with Crippen LogP contribution in [-0.2, 0) is 11.3 Å². The van der Waals surface area contributed by atoms with Crippen molar-refractivity contribution >= 4 is 40.2 Å². The minimum atomic E-state index is -0.454. The average molecular weight is 367 g/mol. The molecule has 0 aliphatic heterocycles. The van der Waals surface area contributed by atoms with Crippen molar-refractivity contribution in [2.75, 3.05) is 12.9 Å². The van der Waals surface area contributed by atoms with Crippen molar-refractivity contribution in [1.29, 1.82) is 0 Å². The van der Waals surface area contributed by atoms with Gasteiger partial charge in [0, 0.05) is 17.8 Å². The van der Waals surface area contributed by atoms with Crippen LogP contribution in [0.25, 0.3) is 10.9 Å². The highest BCUT2D eigenvalue weighted by Gasteiger charge is 2.14. The lowest BCUT2D eigenvalue weighted by Crippen LogP contribution is -2.25. The van der Waals surface area contributed by atoms with E-state index >= 15 is 0 Å². The SMILES string of the molecule is COC(=O)c1ccc2c(=O)n(CC(C)C)c(SC/C=C/Cl)nc2c1. The lowest BCUT2D eigenvalue weighted by molar-refractivity contribution is 0.0601. The summed E-state index contributed by atoms with van der Waals surface area (Å²) in [6, 6.07) is 4.80. The minimum Gasteiger partial charge on any atom is -0.465 e. The van der Waals surface area contributed by atoms with E-state index in [1.165, 1.54) is 24.4 Å². The predicted molar refractivity (Wildman–Crippen MR) is 97.9 cm³/mol. The van der Waals surface area contributed by atoms with Gasteiger partial charge in [-0.3, -0.25) is 9.36 Å². The molecule has 7 heteroatoms. The molecule has 1 heterocycles. The maximum absolute atomic E-state index is 12.8. The van der Waals surface area contributed by atoms with Gasteiger partial charge in [-0.15, -0.1) is 0 Å². The Morgan fingerprint density at radius 3 is 2.83 bits per heavy atom. The fourth-order valence-corrected chi connectivity index (χ4v) is 3.25. The minimum absolute atomic E-state index is 0.109. The molecule has 0 aliphatic carbocycles. The molecular weight excluding hydrogens is 348 g/mol. The molecule has 2 rings (SSSR count). The number of methoxy groups -OCH3 is 1. The Morgan fingerprint density at radius 2 is 2.21 bits per heavy atom. The Kier molecular flexibility index (Phi) is 6.45. The first-order valence-corrected chi connectivity index (χ1v) is 8.91. The summed E-state index contributed by atoms with van der Waals surface area (Å²) in [5.74, 6) is 0.458. The van der Waals surface area contributed by atoms with Gasteiger partial charge >= 0.3 is 5.97 Å². The highest BCUT2D eigenvalue weighted by Crippen LogP contribution is 2.20. The summed E-state index contributed by atoms with van der Waals surface area (Å²) in [6.07, 6.45) is 1.78. The first-order chi connectivity index (χ1) is 11.5. The van der Waals surface area contributed by atoms with Crippen LogP contribution in [0.2, 0.25) is 0 Å². The van der Waals surface area contributed by atoms with Crippen molar-refractivity contribution in [2.45, 2.75) is 25.5 Å². The fraction of sp³-hybridized carbons (Fsp3) is 0.353. The summed E-state index contributed by atoms with van der Waals surface area (Å²) >= 11 is 6.98. The van der Waals surface area contributed by atoms with E-state index in [2.05, 4.69) is 4.98 Å². The van der Waals surface area contributed by atoms with Crippen molar-refractivity contribution in [3.05, 3.63) is 45.7 Å². The van der Waals surface area contributed by atoms with Crippen LogP contribution in [0.3, 0.4) is 0 Å². The lowest BCUT2D eigenvalue weighted by atomic mass is 10.1. The van der Waals surface area contributed by atoms with Crippen LogP contribution in [-0.4, -0.2) is 28.4 Å². The van der Waals surface area contributed by atoms with Gasteiger partial charge in [0.05, 0.1) is 23.6 Å². The quantitative estimate of drug-likeness (QED) is 0.443. The number of carbonyl (C=O) groups is 1. The summed E-state index contributed by atoms with van der Waals surface area (Å²) in [7, 11) is 1.32. The maximum Gasteiger partial charge on any atom is 0.337 e. The van der Waals surface area contributed by atoms with Gasteiger partial charge in [-0.25, -0.2) is 9.78 Å². The molecule has 0 aliphatic rings. The fourth-order valence-electron chi connectivity index (χ4n) is 2.24. The number of esters is 1. The van der Waals surface area contributed by atoms with Crippen molar-refractivity contribution in [1.82, 2.24) is 9.55 Å². The first kappa shape index (κ1) is 18.5. The zero-order chi connectivity index (χ0) is 17.7. The molecule has 5 nitrogen and oxygen atoms in total. The molecule has 2 aromatic rings. The number of thioether (sulfide) groups is 1. The van der Waals surface area contributed by atoms with Crippen molar-refractivity contribution in [3.8, 4) is 0 Å². The number of carbonyl (C=O) groups excluding carboxylic acids is 1. The number of rotatable bonds is 6. The molecule has 0 saturated carbocycles. The largest absolute Gasteiger partial charge is 0.465 e. The summed E-state index contributed by atoms with van der Waals surface area (Å²) in [4.78, 5) is 29.1. The van der Waals surface area contributed by atoms with Crippen LogP contribution >= 0.6 is 23.4 Å². The van der Waals surface area contributed by atoms with Crippen molar-refractivity contribution in [2.24, 2.45) is 5.92 Å². The molecule has 24 heavy (non-hydrogen) atoms. The van der Waals surface area contributed by atoms with Gasteiger partial charge in [0.25, 0.3) is 5.56 Å². The second kappa shape index (κ2) is 8.35. The lowest BCUT2D eigenvalue weighted by Gasteiger charge is -2.14. The molecule has 1 aromatic heterocycles. The molecule has 0 saturated heterocycles. The summed E-state index contributed by atoms with van der Waals surface area (Å²) in [6.45, 7) is 4.67. The van der Waals surface area contributed by atoms with Gasteiger partial charge in [-0.2, -0.15) is 0 Å². The second-order valence-electron chi connectivity index (χ2n) is 5.60. The monoisotopic (exact) mass is 366 g/mol. The number of ether oxygens (including phenoxy) is 1. The Hall–Kier alpha value is -1.79. The molecule has 0 spiro atoms. The van der Waals surface area contributed by atoms with Crippen LogP contribution < -0.4 is 5.56 Å². The Balaban J connectivity index is 2.60. The van der Waals surface area contributed by atoms with Gasteiger partial charge in [-0.05, 0) is 24.1 Å². The Bertz CT molecular complexity index is 830. The standard InChI is InChI=1S/C17H19ClN2O3S/c1-11(2)10-20-15(21)13-6-5-12(16(22)23-3)9-14(13)19-17(20)24-8-4-7-18/h4-7,9,11H,8,10H2,1-3H3/b7-4+.